The van der Waals surface area contributed by atoms with Crippen LogP contribution in [0.2, 0.25) is 0 Å². The summed E-state index contributed by atoms with van der Waals surface area (Å²) in [5.74, 6) is -0.142. The molecule has 3 rings (SSSR count). The second-order valence-electron chi connectivity index (χ2n) is 4.63. The Hall–Kier alpha value is -1.72. The van der Waals surface area contributed by atoms with Crippen molar-refractivity contribution in [2.24, 2.45) is 0 Å². The maximum absolute atomic E-state index is 12.7. The summed E-state index contributed by atoms with van der Waals surface area (Å²) in [6.45, 7) is 0.633. The van der Waals surface area contributed by atoms with E-state index in [0.29, 0.717) is 18.7 Å². The zero-order valence-corrected chi connectivity index (χ0v) is 9.42. The van der Waals surface area contributed by atoms with Gasteiger partial charge in [-0.2, -0.15) is 13.2 Å². The van der Waals surface area contributed by atoms with Crippen LogP contribution >= 0.6 is 0 Å². The van der Waals surface area contributed by atoms with Crippen molar-refractivity contribution < 1.29 is 18.0 Å². The molecule has 6 heteroatoms. The van der Waals surface area contributed by atoms with E-state index in [1.807, 2.05) is 0 Å². The Morgan fingerprint density at radius 2 is 2.11 bits per heavy atom. The van der Waals surface area contributed by atoms with Crippen molar-refractivity contribution in [1.29, 1.82) is 0 Å². The van der Waals surface area contributed by atoms with E-state index in [-0.39, 0.29) is 18.5 Å². The number of carbonyl (C=O) groups is 1. The lowest BCUT2D eigenvalue weighted by Crippen LogP contribution is -2.52. The number of nitrogens with zero attached hydrogens (tertiary/aromatic N) is 1. The molecule has 1 amide bonds. The smallest absolute Gasteiger partial charge is 0.357 e. The summed E-state index contributed by atoms with van der Waals surface area (Å²) >= 11 is 0. The molecule has 2 aliphatic rings. The van der Waals surface area contributed by atoms with Gasteiger partial charge in [-0.05, 0) is 24.1 Å². The van der Waals surface area contributed by atoms with E-state index in [1.54, 1.807) is 4.90 Å². The highest BCUT2D eigenvalue weighted by Crippen LogP contribution is 2.38. The van der Waals surface area contributed by atoms with Gasteiger partial charge in [0.1, 0.15) is 0 Å². The normalized spacial score (nSPS) is 22.5. The molecule has 18 heavy (non-hydrogen) atoms. The number of alkyl halides is 3. The molecular weight excluding hydrogens is 245 g/mol. The molecule has 96 valence electrons. The van der Waals surface area contributed by atoms with Gasteiger partial charge >= 0.3 is 6.18 Å². The largest absolute Gasteiger partial charge is 0.416 e. The number of hydrogen-bond donors (Lipinski definition) is 1. The first-order chi connectivity index (χ1) is 8.45. The molecule has 1 aromatic carbocycles. The fourth-order valence-corrected chi connectivity index (χ4v) is 2.58. The molecule has 2 aliphatic heterocycles. The van der Waals surface area contributed by atoms with E-state index in [2.05, 4.69) is 5.32 Å². The summed E-state index contributed by atoms with van der Waals surface area (Å²) in [5.41, 5.74) is 0.766. The highest BCUT2D eigenvalue weighted by atomic mass is 19.4. The van der Waals surface area contributed by atoms with Crippen molar-refractivity contribution in [2.45, 2.75) is 18.6 Å². The van der Waals surface area contributed by atoms with Crippen LogP contribution in [0.25, 0.3) is 0 Å². The van der Waals surface area contributed by atoms with Crippen LogP contribution in [-0.2, 0) is 17.4 Å². The van der Waals surface area contributed by atoms with Gasteiger partial charge in [0.25, 0.3) is 0 Å². The second-order valence-corrected chi connectivity index (χ2v) is 4.63. The number of anilines is 1. The number of amides is 1. The number of nitrogens with one attached hydrogen (secondary N) is 1. The molecule has 1 saturated heterocycles. The number of hydrogen-bond acceptors (Lipinski definition) is 2. The molecule has 1 fully saturated rings. The SMILES string of the molecule is O=C1CN2c3cc(C(F)(F)F)ccc3CC2CN1. The van der Waals surface area contributed by atoms with Crippen molar-refractivity contribution in [2.75, 3.05) is 18.0 Å². The Bertz CT molecular complexity index is 513. The third kappa shape index (κ3) is 1.72. The minimum absolute atomic E-state index is 0.0844. The molecule has 1 aromatic rings. The Morgan fingerprint density at radius 1 is 1.33 bits per heavy atom. The van der Waals surface area contributed by atoms with E-state index in [4.69, 9.17) is 0 Å². The topological polar surface area (TPSA) is 32.3 Å². The Balaban J connectivity index is 2.00. The maximum atomic E-state index is 12.7. The van der Waals surface area contributed by atoms with Gasteiger partial charge in [-0.25, -0.2) is 0 Å². The molecule has 0 saturated carbocycles. The van der Waals surface area contributed by atoms with Gasteiger partial charge in [-0.3, -0.25) is 4.79 Å². The number of piperazine rings is 1. The Kier molecular flexibility index (Phi) is 2.30. The van der Waals surface area contributed by atoms with Crippen LogP contribution in [-0.4, -0.2) is 25.0 Å². The van der Waals surface area contributed by atoms with Gasteiger partial charge in [-0.15, -0.1) is 0 Å². The molecular formula is C12H11F3N2O. The summed E-state index contributed by atoms with van der Waals surface area (Å²) < 4.78 is 38.0. The molecule has 2 heterocycles. The average molecular weight is 256 g/mol. The zero-order valence-electron chi connectivity index (χ0n) is 9.42. The number of fused-ring (bicyclic) bond motifs is 3. The molecule has 1 N–H and O–H groups in total. The third-order valence-electron chi connectivity index (χ3n) is 3.47. The number of carbonyl (C=O) groups excluding carboxylic acids is 1. The van der Waals surface area contributed by atoms with E-state index in [0.717, 1.165) is 17.7 Å². The van der Waals surface area contributed by atoms with Gasteiger partial charge in [0.2, 0.25) is 5.91 Å². The highest BCUT2D eigenvalue weighted by molar-refractivity contribution is 5.84. The highest BCUT2D eigenvalue weighted by Gasteiger charge is 2.37. The number of rotatable bonds is 0. The summed E-state index contributed by atoms with van der Waals surface area (Å²) in [6, 6.07) is 3.85. The second kappa shape index (κ2) is 3.63. The maximum Gasteiger partial charge on any atom is 0.416 e. The molecule has 3 nitrogen and oxygen atoms in total. The van der Waals surface area contributed by atoms with Crippen molar-refractivity contribution in [1.82, 2.24) is 5.32 Å². The predicted molar refractivity (Wildman–Crippen MR) is 59.3 cm³/mol. The van der Waals surface area contributed by atoms with E-state index in [1.165, 1.54) is 6.07 Å². The summed E-state index contributed by atoms with van der Waals surface area (Å²) in [5, 5.41) is 2.73. The Labute approximate surface area is 102 Å². The van der Waals surface area contributed by atoms with E-state index < -0.39 is 11.7 Å². The van der Waals surface area contributed by atoms with E-state index in [9.17, 15) is 18.0 Å². The predicted octanol–water partition coefficient (Wildman–Crippen LogP) is 1.57. The van der Waals surface area contributed by atoms with Crippen LogP contribution in [0.15, 0.2) is 18.2 Å². The first kappa shape index (κ1) is 11.4. The molecule has 0 bridgehead atoms. The minimum atomic E-state index is -4.34. The molecule has 0 aliphatic carbocycles. The summed E-state index contributed by atoms with van der Waals surface area (Å²) in [6.07, 6.45) is -3.65. The van der Waals surface area contributed by atoms with Gasteiger partial charge in [0.15, 0.2) is 0 Å². The van der Waals surface area contributed by atoms with Crippen LogP contribution in [0, 0.1) is 0 Å². The fraction of sp³-hybridized carbons (Fsp3) is 0.417. The number of halogens is 3. The fourth-order valence-electron chi connectivity index (χ4n) is 2.58. The molecule has 0 aromatic heterocycles. The van der Waals surface area contributed by atoms with Gasteiger partial charge in [0, 0.05) is 12.2 Å². The third-order valence-corrected chi connectivity index (χ3v) is 3.47. The van der Waals surface area contributed by atoms with Crippen molar-refractivity contribution in [3.63, 3.8) is 0 Å². The lowest BCUT2D eigenvalue weighted by Gasteiger charge is -2.31. The van der Waals surface area contributed by atoms with Gasteiger partial charge in [0.05, 0.1) is 18.2 Å². The first-order valence-electron chi connectivity index (χ1n) is 5.68. The van der Waals surface area contributed by atoms with Crippen LogP contribution in [0.3, 0.4) is 0 Å². The Morgan fingerprint density at radius 3 is 2.83 bits per heavy atom. The summed E-state index contributed by atoms with van der Waals surface area (Å²) in [4.78, 5) is 13.1. The van der Waals surface area contributed by atoms with Crippen molar-refractivity contribution in [3.05, 3.63) is 29.3 Å². The van der Waals surface area contributed by atoms with Crippen LogP contribution < -0.4 is 10.2 Å². The van der Waals surface area contributed by atoms with E-state index >= 15 is 0 Å². The first-order valence-corrected chi connectivity index (χ1v) is 5.68. The molecule has 1 unspecified atom stereocenters. The van der Waals surface area contributed by atoms with Crippen molar-refractivity contribution >= 4 is 11.6 Å². The minimum Gasteiger partial charge on any atom is -0.357 e. The lowest BCUT2D eigenvalue weighted by atomic mass is 10.1. The zero-order chi connectivity index (χ0) is 12.9. The van der Waals surface area contributed by atoms with Crippen LogP contribution in [0.5, 0.6) is 0 Å². The average Bonchev–Trinajstić information content (AvgIpc) is 2.65. The molecule has 1 atom stereocenters. The molecule has 0 spiro atoms. The summed E-state index contributed by atoms with van der Waals surface area (Å²) in [7, 11) is 0. The van der Waals surface area contributed by atoms with Gasteiger partial charge in [-0.1, -0.05) is 6.07 Å². The van der Waals surface area contributed by atoms with Crippen LogP contribution in [0.1, 0.15) is 11.1 Å². The van der Waals surface area contributed by atoms with Crippen molar-refractivity contribution in [3.8, 4) is 0 Å². The standard InChI is InChI=1S/C12H11F3N2O/c13-12(14,15)8-2-1-7-3-9-5-16-11(18)6-17(9)10(7)4-8/h1-2,4,9H,3,5-6H2,(H,16,18). The number of benzene rings is 1. The van der Waals surface area contributed by atoms with Crippen LogP contribution in [0.4, 0.5) is 18.9 Å². The van der Waals surface area contributed by atoms with Gasteiger partial charge < -0.3 is 10.2 Å². The quantitative estimate of drug-likeness (QED) is 0.764. The lowest BCUT2D eigenvalue weighted by molar-refractivity contribution is -0.137. The monoisotopic (exact) mass is 256 g/mol. The molecule has 0 radical (unpaired) electrons.